The van der Waals surface area contributed by atoms with Gasteiger partial charge in [0.05, 0.1) is 11.4 Å². The summed E-state index contributed by atoms with van der Waals surface area (Å²) in [6.45, 7) is 19.5. The Morgan fingerprint density at radius 2 is 0.469 bits per heavy atom. The number of hydrogen-bond acceptors (Lipinski definition) is 2. The van der Waals surface area contributed by atoms with Crippen molar-refractivity contribution in [2.45, 2.75) is 77.0 Å². The maximum atomic E-state index is 2.57. The van der Waals surface area contributed by atoms with Gasteiger partial charge >= 0.3 is 0 Å². The zero-order valence-electron chi connectivity index (χ0n) is 74.5. The molecule has 0 atom stereocenters. The Kier molecular flexibility index (Phi) is 18.1. The Balaban J connectivity index is 0.663. The minimum atomic E-state index is -0.492. The van der Waals surface area contributed by atoms with Crippen molar-refractivity contribution in [3.8, 4) is 145 Å². The monoisotopic (exact) mass is 1660 g/mol. The van der Waals surface area contributed by atoms with Gasteiger partial charge in [-0.15, -0.1) is 0 Å². The smallest absolute Gasteiger partial charge is 0.0540 e. The van der Waals surface area contributed by atoms with Gasteiger partial charge in [-0.3, -0.25) is 0 Å². The fourth-order valence-electron chi connectivity index (χ4n) is 22.9. The molecule has 20 aromatic carbocycles. The average Bonchev–Trinajstić information content (AvgIpc) is 1.54. The summed E-state index contributed by atoms with van der Waals surface area (Å²) in [6, 6.07) is 165. The molecular formula is C128H96N2. The van der Waals surface area contributed by atoms with Gasteiger partial charge in [-0.1, -0.05) is 395 Å². The highest BCUT2D eigenvalue weighted by atomic mass is 15.2. The predicted molar refractivity (Wildman–Crippen MR) is 550 cm³/mol. The standard InChI is InChI=1S/C128H96N2/c1-125(2)114-67-53-88(81-33-15-9-16-34-81)71-112(114)104-64-58-94(77-116(104)125)129(95-59-65-105-113-72-89(82-35-17-10-18-36-82)54-68-115(113)126(3,4)117(105)78-95)121-70-56-92(75-110(121)86-43-25-14-26-44-86)100-61-52-93(73-108(100)84-39-21-12-22-40-84)111-76-90-46-28-29-49-101(90)122-107-66-60-97(80-119(107)128(7,8)124(111)122)130(96-57-63-103-106-62-51-87-45-27-30-50-102(87)123(106)127(5,6)118(103)79-96)120-69-55-91(74-109(120)85-41-23-13-24-42-85)99-48-32-31-47-98(99)83-37-19-11-20-38-83/h9-80H,1-8H3. The summed E-state index contributed by atoms with van der Waals surface area (Å²) in [5.41, 5.74) is 47.4. The summed E-state index contributed by atoms with van der Waals surface area (Å²) >= 11 is 0. The summed E-state index contributed by atoms with van der Waals surface area (Å²) in [4.78, 5) is 5.14. The molecule has 0 heterocycles. The molecule has 24 rings (SSSR count). The maximum absolute atomic E-state index is 2.57. The van der Waals surface area contributed by atoms with Crippen molar-refractivity contribution in [3.05, 3.63) is 481 Å². The summed E-state index contributed by atoms with van der Waals surface area (Å²) in [5, 5.41) is 5.04. The first-order chi connectivity index (χ1) is 63.5. The third-order valence-electron chi connectivity index (χ3n) is 29.4. The molecule has 0 amide bonds. The first kappa shape index (κ1) is 78.0. The van der Waals surface area contributed by atoms with E-state index in [-0.39, 0.29) is 16.2 Å². The van der Waals surface area contributed by atoms with E-state index in [1.54, 1.807) is 0 Å². The lowest BCUT2D eigenvalue weighted by atomic mass is 9.77. The lowest BCUT2D eigenvalue weighted by molar-refractivity contribution is 0.660. The Morgan fingerprint density at radius 1 is 0.154 bits per heavy atom. The summed E-state index contributed by atoms with van der Waals surface area (Å²) in [7, 11) is 0. The molecule has 0 aliphatic heterocycles. The predicted octanol–water partition coefficient (Wildman–Crippen LogP) is 35.2. The van der Waals surface area contributed by atoms with Crippen molar-refractivity contribution in [1.29, 1.82) is 0 Å². The third-order valence-corrected chi connectivity index (χ3v) is 29.4. The molecule has 0 unspecified atom stereocenters. The highest BCUT2D eigenvalue weighted by molar-refractivity contribution is 6.09. The summed E-state index contributed by atoms with van der Waals surface area (Å²) in [5.74, 6) is 0. The molecule has 2 heteroatoms. The van der Waals surface area contributed by atoms with E-state index in [4.69, 9.17) is 0 Å². The topological polar surface area (TPSA) is 6.48 Å². The van der Waals surface area contributed by atoms with E-state index in [1.165, 1.54) is 166 Å². The van der Waals surface area contributed by atoms with Crippen molar-refractivity contribution in [2.75, 3.05) is 9.80 Å². The highest BCUT2D eigenvalue weighted by Crippen LogP contribution is 2.61. The largest absolute Gasteiger partial charge is 0.310 e. The molecule has 0 aromatic heterocycles. The van der Waals surface area contributed by atoms with Gasteiger partial charge in [0.15, 0.2) is 0 Å². The molecule has 0 bridgehead atoms. The van der Waals surface area contributed by atoms with E-state index in [2.05, 4.69) is 502 Å². The fourth-order valence-corrected chi connectivity index (χ4v) is 22.9. The average molecular weight is 1660 g/mol. The first-order valence-corrected chi connectivity index (χ1v) is 45.9. The molecule has 2 nitrogen and oxygen atoms in total. The molecule has 4 aliphatic carbocycles. The van der Waals surface area contributed by atoms with Gasteiger partial charge in [0.2, 0.25) is 0 Å². The van der Waals surface area contributed by atoms with E-state index in [0.29, 0.717) is 0 Å². The first-order valence-electron chi connectivity index (χ1n) is 45.9. The zero-order valence-corrected chi connectivity index (χ0v) is 74.5. The number of anilines is 6. The third kappa shape index (κ3) is 12.4. The number of rotatable bonds is 15. The summed E-state index contributed by atoms with van der Waals surface area (Å²) < 4.78 is 0. The van der Waals surface area contributed by atoms with Crippen LogP contribution in [0, 0.1) is 0 Å². The Labute approximate surface area is 763 Å². The summed E-state index contributed by atoms with van der Waals surface area (Å²) in [6.07, 6.45) is 0. The Morgan fingerprint density at radius 3 is 0.954 bits per heavy atom. The molecule has 0 radical (unpaired) electrons. The van der Waals surface area contributed by atoms with Crippen LogP contribution in [0.5, 0.6) is 0 Å². The van der Waals surface area contributed by atoms with Crippen LogP contribution in [0.3, 0.4) is 0 Å². The van der Waals surface area contributed by atoms with Crippen LogP contribution in [0.25, 0.3) is 166 Å². The number of fused-ring (bicyclic) bond motifs is 16. The van der Waals surface area contributed by atoms with Crippen LogP contribution in [0.1, 0.15) is 99.9 Å². The lowest BCUT2D eigenvalue weighted by Crippen LogP contribution is -2.19. The van der Waals surface area contributed by atoms with Gasteiger partial charge in [0, 0.05) is 55.5 Å². The van der Waals surface area contributed by atoms with Crippen LogP contribution < -0.4 is 9.80 Å². The second kappa shape index (κ2) is 30.1. The van der Waals surface area contributed by atoms with Crippen molar-refractivity contribution in [1.82, 2.24) is 0 Å². The van der Waals surface area contributed by atoms with E-state index >= 15 is 0 Å². The van der Waals surface area contributed by atoms with Gasteiger partial charge < -0.3 is 9.80 Å². The van der Waals surface area contributed by atoms with E-state index < -0.39 is 5.41 Å². The number of benzene rings is 20. The van der Waals surface area contributed by atoms with Crippen LogP contribution in [-0.2, 0) is 21.7 Å². The minimum absolute atomic E-state index is 0.281. The van der Waals surface area contributed by atoms with E-state index in [0.717, 1.165) is 78.6 Å². The molecule has 20 aromatic rings. The van der Waals surface area contributed by atoms with Gasteiger partial charge in [0.1, 0.15) is 0 Å². The maximum Gasteiger partial charge on any atom is 0.0540 e. The second-order valence-electron chi connectivity index (χ2n) is 38.2. The van der Waals surface area contributed by atoms with Crippen LogP contribution in [0.2, 0.25) is 0 Å². The quantitative estimate of drug-likeness (QED) is 0.101. The number of nitrogens with zero attached hydrogens (tertiary/aromatic N) is 2. The molecule has 618 valence electrons. The van der Waals surface area contributed by atoms with Crippen molar-refractivity contribution in [3.63, 3.8) is 0 Å². The van der Waals surface area contributed by atoms with Gasteiger partial charge in [0.25, 0.3) is 0 Å². The molecule has 130 heavy (non-hydrogen) atoms. The molecule has 0 saturated heterocycles. The van der Waals surface area contributed by atoms with Crippen LogP contribution >= 0.6 is 0 Å². The Hall–Kier alpha value is -15.5. The number of hydrogen-bond donors (Lipinski definition) is 0. The second-order valence-corrected chi connectivity index (χ2v) is 38.2. The molecule has 0 saturated carbocycles. The SMILES string of the molecule is CC1(C)c2ccc(-c3ccccc3)cc2-c2ccc(N(c3ccc4c(c3)C(C)(C)c3ccc(-c5ccccc5)cc3-4)c3ccc(-c4ccc(-c5cc6ccccc6c6c5C(C)(C)c5cc(N(c7ccc8c(c7)C(C)(C)c7c-8ccc8ccccc78)c7ccc(-c8ccccc8-c8ccccc8)cc7-c7ccccc7)ccc5-6)cc4-c4ccccc4)cc3-c3ccccc3)cc21. The normalized spacial score (nSPS) is 13.9. The molecule has 4 aliphatic rings. The van der Waals surface area contributed by atoms with Crippen molar-refractivity contribution >= 4 is 55.7 Å². The van der Waals surface area contributed by atoms with E-state index in [9.17, 15) is 0 Å². The molecule has 0 spiro atoms. The van der Waals surface area contributed by atoms with Gasteiger partial charge in [-0.05, 0) is 297 Å². The van der Waals surface area contributed by atoms with Crippen LogP contribution in [0.4, 0.5) is 34.1 Å². The molecule has 0 fully saturated rings. The Bertz CT molecular complexity index is 7840. The minimum Gasteiger partial charge on any atom is -0.310 e. The lowest BCUT2D eigenvalue weighted by Gasteiger charge is -2.32. The van der Waals surface area contributed by atoms with Gasteiger partial charge in [-0.2, -0.15) is 0 Å². The van der Waals surface area contributed by atoms with Crippen molar-refractivity contribution in [2.24, 2.45) is 0 Å². The van der Waals surface area contributed by atoms with Crippen LogP contribution in [0.15, 0.2) is 437 Å². The van der Waals surface area contributed by atoms with Crippen molar-refractivity contribution < 1.29 is 0 Å². The van der Waals surface area contributed by atoms with Crippen LogP contribution in [-0.4, -0.2) is 0 Å². The van der Waals surface area contributed by atoms with E-state index in [1.807, 2.05) is 0 Å². The molecule has 0 N–H and O–H groups in total. The zero-order chi connectivity index (χ0) is 87.5. The molecular weight excluding hydrogens is 1570 g/mol. The highest BCUT2D eigenvalue weighted by Gasteiger charge is 2.44. The fraction of sp³-hybridized carbons (Fsp3) is 0.0938. The van der Waals surface area contributed by atoms with Gasteiger partial charge in [-0.25, -0.2) is 0 Å².